The van der Waals surface area contributed by atoms with Gasteiger partial charge in [0.1, 0.15) is 5.82 Å². The molecule has 0 aromatic carbocycles. The molecule has 2 aliphatic heterocycles. The van der Waals surface area contributed by atoms with Crippen LogP contribution in [0.2, 0.25) is 0 Å². The zero-order valence-corrected chi connectivity index (χ0v) is 13.1. The zero-order chi connectivity index (χ0) is 13.6. The minimum atomic E-state index is 0.0444. The summed E-state index contributed by atoms with van der Waals surface area (Å²) in [5.41, 5.74) is 0.0444. The van der Waals surface area contributed by atoms with E-state index < -0.39 is 0 Å². The van der Waals surface area contributed by atoms with Crippen LogP contribution in [0.1, 0.15) is 52.3 Å². The lowest BCUT2D eigenvalue weighted by atomic mass is 9.96. The van der Waals surface area contributed by atoms with Gasteiger partial charge in [-0.1, -0.05) is 20.8 Å². The summed E-state index contributed by atoms with van der Waals surface area (Å²) in [5, 5.41) is 4.78. The fourth-order valence-corrected chi connectivity index (χ4v) is 4.05. The Morgan fingerprint density at radius 3 is 2.37 bits per heavy atom. The molecule has 19 heavy (non-hydrogen) atoms. The summed E-state index contributed by atoms with van der Waals surface area (Å²) in [7, 11) is 2.18. The fraction of sp³-hybridized carbons (Fsp3) is 0.857. The van der Waals surface area contributed by atoms with E-state index in [4.69, 9.17) is 4.98 Å². The zero-order valence-electron chi connectivity index (χ0n) is 12.3. The number of hydrogen-bond donors (Lipinski definition) is 1. The average Bonchev–Trinajstić information content (AvgIpc) is 2.95. The van der Waals surface area contributed by atoms with E-state index in [1.165, 1.54) is 25.7 Å². The van der Waals surface area contributed by atoms with Gasteiger partial charge in [0, 0.05) is 42.1 Å². The van der Waals surface area contributed by atoms with Crippen molar-refractivity contribution in [3.8, 4) is 0 Å². The second-order valence-electron chi connectivity index (χ2n) is 7.02. The molecule has 2 bridgehead atoms. The van der Waals surface area contributed by atoms with Gasteiger partial charge in [-0.3, -0.25) is 0 Å². The minimum Gasteiger partial charge on any atom is -0.347 e. The number of aromatic nitrogens is 2. The van der Waals surface area contributed by atoms with Crippen molar-refractivity contribution < 1.29 is 0 Å². The van der Waals surface area contributed by atoms with E-state index in [0.29, 0.717) is 6.04 Å². The molecule has 1 N–H and O–H groups in total. The van der Waals surface area contributed by atoms with Gasteiger partial charge in [-0.2, -0.15) is 4.37 Å². The summed E-state index contributed by atoms with van der Waals surface area (Å²) in [5.74, 6) is 0.969. The summed E-state index contributed by atoms with van der Waals surface area (Å²) in [6.45, 7) is 6.51. The topological polar surface area (TPSA) is 41.1 Å². The molecule has 2 saturated heterocycles. The third-order valence-electron chi connectivity index (χ3n) is 4.38. The van der Waals surface area contributed by atoms with Gasteiger partial charge < -0.3 is 10.2 Å². The van der Waals surface area contributed by atoms with Gasteiger partial charge in [-0.05, 0) is 25.7 Å². The van der Waals surface area contributed by atoms with Crippen molar-refractivity contribution in [3.05, 3.63) is 5.82 Å². The molecule has 3 heterocycles. The van der Waals surface area contributed by atoms with Gasteiger partial charge in [0.05, 0.1) is 0 Å². The van der Waals surface area contributed by atoms with Gasteiger partial charge in [-0.15, -0.1) is 0 Å². The lowest BCUT2D eigenvalue weighted by Gasteiger charge is -2.35. The largest absolute Gasteiger partial charge is 0.347 e. The van der Waals surface area contributed by atoms with Gasteiger partial charge >= 0.3 is 0 Å². The van der Waals surface area contributed by atoms with Crippen LogP contribution in [0, 0.1) is 0 Å². The van der Waals surface area contributed by atoms with Gasteiger partial charge in [0.25, 0.3) is 0 Å². The number of nitrogens with zero attached hydrogens (tertiary/aromatic N) is 3. The maximum absolute atomic E-state index is 4.74. The smallest absolute Gasteiger partial charge is 0.205 e. The molecule has 2 aliphatic rings. The number of anilines is 1. The molecule has 106 valence electrons. The predicted octanol–water partition coefficient (Wildman–Crippen LogP) is 2.55. The highest BCUT2D eigenvalue weighted by Crippen LogP contribution is 2.33. The lowest BCUT2D eigenvalue weighted by molar-refractivity contribution is 0.354. The highest BCUT2D eigenvalue weighted by Gasteiger charge is 2.36. The standard InChI is InChI=1S/C14H24N4S/c1-14(2,3)12-16-13(19-17-12)18(4)11-7-9-5-6-10(8-11)15-9/h9-11,15H,5-8H2,1-4H3. The molecule has 0 radical (unpaired) electrons. The van der Waals surface area contributed by atoms with Crippen LogP contribution >= 0.6 is 11.5 Å². The highest BCUT2D eigenvalue weighted by atomic mass is 32.1. The Morgan fingerprint density at radius 2 is 1.84 bits per heavy atom. The number of hydrogen-bond acceptors (Lipinski definition) is 5. The Hall–Kier alpha value is -0.680. The predicted molar refractivity (Wildman–Crippen MR) is 80.0 cm³/mol. The van der Waals surface area contributed by atoms with Crippen molar-refractivity contribution in [1.29, 1.82) is 0 Å². The molecule has 2 unspecified atom stereocenters. The van der Waals surface area contributed by atoms with E-state index in [2.05, 4.69) is 42.4 Å². The first kappa shape index (κ1) is 13.3. The summed E-state index contributed by atoms with van der Waals surface area (Å²) >= 11 is 1.55. The van der Waals surface area contributed by atoms with E-state index in [9.17, 15) is 0 Å². The SMILES string of the molecule is CN(c1nc(C(C)(C)C)ns1)C1CC2CCC(C1)N2. The van der Waals surface area contributed by atoms with Crippen LogP contribution in [0.25, 0.3) is 0 Å². The molecule has 4 nitrogen and oxygen atoms in total. The fourth-order valence-electron chi connectivity index (χ4n) is 3.16. The Kier molecular flexibility index (Phi) is 3.29. The Labute approximate surface area is 119 Å². The Morgan fingerprint density at radius 1 is 1.21 bits per heavy atom. The monoisotopic (exact) mass is 280 g/mol. The summed E-state index contributed by atoms with van der Waals surface area (Å²) in [6.07, 6.45) is 5.19. The molecule has 0 amide bonds. The molecule has 3 rings (SSSR count). The third-order valence-corrected chi connectivity index (χ3v) is 5.19. The van der Waals surface area contributed by atoms with Gasteiger partial charge in [0.15, 0.2) is 0 Å². The Balaban J connectivity index is 1.73. The first-order valence-electron chi connectivity index (χ1n) is 7.26. The second kappa shape index (κ2) is 4.70. The second-order valence-corrected chi connectivity index (χ2v) is 7.75. The van der Waals surface area contributed by atoms with Gasteiger partial charge in [-0.25, -0.2) is 4.98 Å². The molecule has 2 fully saturated rings. The van der Waals surface area contributed by atoms with Crippen LogP contribution in [0.15, 0.2) is 0 Å². The van der Waals surface area contributed by atoms with Crippen LogP contribution in [-0.2, 0) is 5.41 Å². The maximum atomic E-state index is 4.74. The van der Waals surface area contributed by atoms with Crippen molar-refractivity contribution in [2.24, 2.45) is 0 Å². The average molecular weight is 280 g/mol. The first-order valence-corrected chi connectivity index (χ1v) is 8.04. The normalized spacial score (nSPS) is 30.6. The van der Waals surface area contributed by atoms with Crippen molar-refractivity contribution in [3.63, 3.8) is 0 Å². The van der Waals surface area contributed by atoms with Crippen LogP contribution in [-0.4, -0.2) is 34.5 Å². The first-order chi connectivity index (χ1) is 8.93. The van der Waals surface area contributed by atoms with E-state index in [1.807, 2.05) is 0 Å². The number of fused-ring (bicyclic) bond motifs is 2. The molecule has 0 saturated carbocycles. The molecular weight excluding hydrogens is 256 g/mol. The van der Waals surface area contributed by atoms with Crippen molar-refractivity contribution in [2.45, 2.75) is 70.0 Å². The summed E-state index contributed by atoms with van der Waals surface area (Å²) in [6, 6.07) is 2.07. The molecule has 0 aliphatic carbocycles. The number of piperidine rings is 1. The lowest BCUT2D eigenvalue weighted by Crippen LogP contribution is -2.47. The van der Waals surface area contributed by atoms with E-state index in [-0.39, 0.29) is 5.41 Å². The number of rotatable bonds is 2. The molecule has 1 aromatic heterocycles. The number of nitrogens with one attached hydrogen (secondary N) is 1. The van der Waals surface area contributed by atoms with Crippen molar-refractivity contribution >= 4 is 16.7 Å². The molecule has 1 aromatic rings. The highest BCUT2D eigenvalue weighted by molar-refractivity contribution is 7.09. The van der Waals surface area contributed by atoms with E-state index in [0.717, 1.165) is 23.0 Å². The summed E-state index contributed by atoms with van der Waals surface area (Å²) in [4.78, 5) is 7.10. The third kappa shape index (κ3) is 2.63. The van der Waals surface area contributed by atoms with E-state index >= 15 is 0 Å². The van der Waals surface area contributed by atoms with Crippen molar-refractivity contribution in [1.82, 2.24) is 14.7 Å². The molecule has 2 atom stereocenters. The van der Waals surface area contributed by atoms with Crippen LogP contribution in [0.5, 0.6) is 0 Å². The maximum Gasteiger partial charge on any atom is 0.205 e. The van der Waals surface area contributed by atoms with E-state index in [1.54, 1.807) is 11.5 Å². The molecular formula is C14H24N4S. The van der Waals surface area contributed by atoms with Crippen LogP contribution in [0.3, 0.4) is 0 Å². The van der Waals surface area contributed by atoms with Crippen molar-refractivity contribution in [2.75, 3.05) is 11.9 Å². The van der Waals surface area contributed by atoms with Crippen LogP contribution in [0.4, 0.5) is 5.13 Å². The van der Waals surface area contributed by atoms with Crippen LogP contribution < -0.4 is 10.2 Å². The quantitative estimate of drug-likeness (QED) is 0.904. The van der Waals surface area contributed by atoms with Gasteiger partial charge in [0.2, 0.25) is 5.13 Å². The summed E-state index contributed by atoms with van der Waals surface area (Å²) < 4.78 is 4.53. The molecule has 0 spiro atoms. The Bertz CT molecular complexity index is 439. The minimum absolute atomic E-state index is 0.0444. The molecule has 5 heteroatoms.